The van der Waals surface area contributed by atoms with E-state index in [-0.39, 0.29) is 11.5 Å². The third-order valence-corrected chi connectivity index (χ3v) is 3.36. The summed E-state index contributed by atoms with van der Waals surface area (Å²) in [5.41, 5.74) is 3.34. The first-order chi connectivity index (χ1) is 9.74. The Kier molecular flexibility index (Phi) is 3.43. The standard InChI is InChI=1S/C15H14FN3O/c16-12-6-11(8-18-9-12)15(20)19-14-3-1-2-10-7-17-5-4-13(10)14/h1-3,6,8-9,17H,4-5,7H2,(H,19,20). The number of hydrogen-bond acceptors (Lipinski definition) is 3. The van der Waals surface area contributed by atoms with Crippen molar-refractivity contribution in [3.8, 4) is 0 Å². The number of benzene rings is 1. The van der Waals surface area contributed by atoms with Crippen molar-refractivity contribution in [2.45, 2.75) is 13.0 Å². The maximum Gasteiger partial charge on any atom is 0.257 e. The zero-order valence-corrected chi connectivity index (χ0v) is 10.8. The predicted molar refractivity (Wildman–Crippen MR) is 74.0 cm³/mol. The van der Waals surface area contributed by atoms with Crippen LogP contribution in [0.4, 0.5) is 10.1 Å². The highest BCUT2D eigenvalue weighted by Gasteiger charge is 2.15. The SMILES string of the molecule is O=C(Nc1cccc2c1CCNC2)c1cncc(F)c1. The molecule has 1 amide bonds. The summed E-state index contributed by atoms with van der Waals surface area (Å²) in [5.74, 6) is -0.860. The van der Waals surface area contributed by atoms with Gasteiger partial charge in [0.25, 0.3) is 5.91 Å². The average molecular weight is 271 g/mol. The van der Waals surface area contributed by atoms with Gasteiger partial charge in [0.15, 0.2) is 0 Å². The van der Waals surface area contributed by atoms with E-state index < -0.39 is 5.82 Å². The molecule has 3 rings (SSSR count). The summed E-state index contributed by atoms with van der Waals surface area (Å²) >= 11 is 0. The Morgan fingerprint density at radius 1 is 1.35 bits per heavy atom. The number of aromatic nitrogens is 1. The van der Waals surface area contributed by atoms with Gasteiger partial charge in [-0.3, -0.25) is 9.78 Å². The molecular weight excluding hydrogens is 257 g/mol. The fourth-order valence-electron chi connectivity index (χ4n) is 2.38. The molecule has 102 valence electrons. The van der Waals surface area contributed by atoms with Crippen molar-refractivity contribution in [3.63, 3.8) is 0 Å². The summed E-state index contributed by atoms with van der Waals surface area (Å²) in [5, 5.41) is 6.13. The number of nitrogens with zero attached hydrogens (tertiary/aromatic N) is 1. The molecule has 2 heterocycles. The molecule has 1 aromatic carbocycles. The van der Waals surface area contributed by atoms with E-state index >= 15 is 0 Å². The summed E-state index contributed by atoms with van der Waals surface area (Å²) in [4.78, 5) is 15.8. The highest BCUT2D eigenvalue weighted by molar-refractivity contribution is 6.04. The minimum absolute atomic E-state index is 0.219. The van der Waals surface area contributed by atoms with Crippen LogP contribution >= 0.6 is 0 Å². The molecule has 4 nitrogen and oxygen atoms in total. The zero-order chi connectivity index (χ0) is 13.9. The number of rotatable bonds is 2. The van der Waals surface area contributed by atoms with E-state index in [1.165, 1.54) is 17.8 Å². The van der Waals surface area contributed by atoms with Crippen molar-refractivity contribution in [2.24, 2.45) is 0 Å². The molecule has 20 heavy (non-hydrogen) atoms. The smallest absolute Gasteiger partial charge is 0.257 e. The van der Waals surface area contributed by atoms with Gasteiger partial charge < -0.3 is 10.6 Å². The summed E-state index contributed by atoms with van der Waals surface area (Å²) in [6.45, 7) is 1.70. The number of anilines is 1. The first kappa shape index (κ1) is 12.7. The quantitative estimate of drug-likeness (QED) is 0.879. The van der Waals surface area contributed by atoms with E-state index in [1.54, 1.807) is 0 Å². The Labute approximate surface area is 116 Å². The van der Waals surface area contributed by atoms with Crippen LogP contribution in [0.5, 0.6) is 0 Å². The van der Waals surface area contributed by atoms with E-state index in [2.05, 4.69) is 15.6 Å². The maximum atomic E-state index is 13.1. The molecule has 2 aromatic rings. The van der Waals surface area contributed by atoms with Gasteiger partial charge in [-0.15, -0.1) is 0 Å². The van der Waals surface area contributed by atoms with Gasteiger partial charge in [-0.25, -0.2) is 4.39 Å². The average Bonchev–Trinajstić information content (AvgIpc) is 2.47. The van der Waals surface area contributed by atoms with Gasteiger partial charge in [0.1, 0.15) is 5.82 Å². The van der Waals surface area contributed by atoms with Gasteiger partial charge in [-0.05, 0) is 36.2 Å². The lowest BCUT2D eigenvalue weighted by atomic mass is 9.99. The summed E-state index contributed by atoms with van der Waals surface area (Å²) in [6, 6.07) is 7.00. The minimum atomic E-state index is -0.517. The number of hydrogen-bond donors (Lipinski definition) is 2. The van der Waals surface area contributed by atoms with E-state index in [9.17, 15) is 9.18 Å². The number of carbonyl (C=O) groups is 1. The Morgan fingerprint density at radius 2 is 2.25 bits per heavy atom. The molecule has 0 unspecified atom stereocenters. The lowest BCUT2D eigenvalue weighted by molar-refractivity contribution is 0.102. The van der Waals surface area contributed by atoms with Gasteiger partial charge in [0.05, 0.1) is 11.8 Å². The fraction of sp³-hybridized carbons (Fsp3) is 0.200. The van der Waals surface area contributed by atoms with Crippen LogP contribution in [-0.4, -0.2) is 17.4 Å². The van der Waals surface area contributed by atoms with Crippen molar-refractivity contribution in [1.29, 1.82) is 0 Å². The maximum absolute atomic E-state index is 13.1. The lowest BCUT2D eigenvalue weighted by Gasteiger charge is -2.20. The first-order valence-electron chi connectivity index (χ1n) is 6.47. The van der Waals surface area contributed by atoms with E-state index in [4.69, 9.17) is 0 Å². The summed E-state index contributed by atoms with van der Waals surface area (Å²) < 4.78 is 13.1. The predicted octanol–water partition coefficient (Wildman–Crippen LogP) is 2.12. The van der Waals surface area contributed by atoms with Crippen LogP contribution in [-0.2, 0) is 13.0 Å². The van der Waals surface area contributed by atoms with E-state index in [0.717, 1.165) is 37.0 Å². The molecule has 0 bridgehead atoms. The molecule has 0 fully saturated rings. The molecule has 1 aliphatic heterocycles. The van der Waals surface area contributed by atoms with Crippen LogP contribution in [0.15, 0.2) is 36.7 Å². The largest absolute Gasteiger partial charge is 0.322 e. The highest BCUT2D eigenvalue weighted by atomic mass is 19.1. The number of nitrogens with one attached hydrogen (secondary N) is 2. The van der Waals surface area contributed by atoms with Crippen LogP contribution < -0.4 is 10.6 Å². The molecule has 1 aromatic heterocycles. The summed E-state index contributed by atoms with van der Waals surface area (Å²) in [6.07, 6.45) is 3.30. The first-order valence-corrected chi connectivity index (χ1v) is 6.47. The van der Waals surface area contributed by atoms with Crippen molar-refractivity contribution < 1.29 is 9.18 Å². The Bertz CT molecular complexity index is 657. The van der Waals surface area contributed by atoms with Crippen LogP contribution in [0.1, 0.15) is 21.5 Å². The topological polar surface area (TPSA) is 54.0 Å². The molecule has 0 radical (unpaired) electrons. The number of pyridine rings is 1. The zero-order valence-electron chi connectivity index (χ0n) is 10.8. The second-order valence-corrected chi connectivity index (χ2v) is 4.72. The third kappa shape index (κ3) is 2.53. The van der Waals surface area contributed by atoms with E-state index in [1.807, 2.05) is 18.2 Å². The molecule has 0 atom stereocenters. The molecule has 0 saturated heterocycles. The Balaban J connectivity index is 1.86. The molecule has 2 N–H and O–H groups in total. The summed E-state index contributed by atoms with van der Waals surface area (Å²) in [7, 11) is 0. The van der Waals surface area contributed by atoms with E-state index in [0.29, 0.717) is 0 Å². The van der Waals surface area contributed by atoms with Crippen LogP contribution in [0.25, 0.3) is 0 Å². The monoisotopic (exact) mass is 271 g/mol. The third-order valence-electron chi connectivity index (χ3n) is 3.36. The van der Waals surface area contributed by atoms with Crippen molar-refractivity contribution in [3.05, 3.63) is 59.2 Å². The van der Waals surface area contributed by atoms with Gasteiger partial charge in [0, 0.05) is 18.4 Å². The number of amides is 1. The lowest BCUT2D eigenvalue weighted by Crippen LogP contribution is -2.25. The van der Waals surface area contributed by atoms with Crippen LogP contribution in [0, 0.1) is 5.82 Å². The highest BCUT2D eigenvalue weighted by Crippen LogP contribution is 2.23. The van der Waals surface area contributed by atoms with Crippen molar-refractivity contribution in [1.82, 2.24) is 10.3 Å². The fourth-order valence-corrected chi connectivity index (χ4v) is 2.38. The number of carbonyl (C=O) groups excluding carboxylic acids is 1. The molecule has 5 heteroatoms. The number of fused-ring (bicyclic) bond motifs is 1. The van der Waals surface area contributed by atoms with Gasteiger partial charge in [0.2, 0.25) is 0 Å². The second kappa shape index (κ2) is 5.38. The minimum Gasteiger partial charge on any atom is -0.322 e. The molecule has 0 saturated carbocycles. The van der Waals surface area contributed by atoms with Crippen LogP contribution in [0.2, 0.25) is 0 Å². The molecule has 1 aliphatic rings. The Morgan fingerprint density at radius 3 is 3.10 bits per heavy atom. The number of halogens is 1. The van der Waals surface area contributed by atoms with Gasteiger partial charge >= 0.3 is 0 Å². The molecule has 0 spiro atoms. The Hall–Kier alpha value is -2.27. The normalized spacial score (nSPS) is 13.7. The van der Waals surface area contributed by atoms with Crippen molar-refractivity contribution >= 4 is 11.6 Å². The van der Waals surface area contributed by atoms with Gasteiger partial charge in [-0.2, -0.15) is 0 Å². The van der Waals surface area contributed by atoms with Crippen molar-refractivity contribution in [2.75, 3.05) is 11.9 Å². The molecule has 0 aliphatic carbocycles. The van der Waals surface area contributed by atoms with Crippen LogP contribution in [0.3, 0.4) is 0 Å². The second-order valence-electron chi connectivity index (χ2n) is 4.72. The molecular formula is C15H14FN3O. The van der Waals surface area contributed by atoms with Gasteiger partial charge in [-0.1, -0.05) is 12.1 Å².